The molecule has 26 heavy (non-hydrogen) atoms. The second kappa shape index (κ2) is 7.73. The van der Waals surface area contributed by atoms with Gasteiger partial charge in [-0.05, 0) is 30.3 Å². The van der Waals surface area contributed by atoms with Crippen LogP contribution < -0.4 is 9.47 Å². The van der Waals surface area contributed by atoms with Crippen molar-refractivity contribution in [1.82, 2.24) is 24.5 Å². The highest BCUT2D eigenvalue weighted by atomic mass is 16.5. The van der Waals surface area contributed by atoms with Crippen LogP contribution in [0.3, 0.4) is 0 Å². The maximum absolute atomic E-state index is 12.5. The Hall–Kier alpha value is -3.29. The Morgan fingerprint density at radius 2 is 1.92 bits per heavy atom. The largest absolute Gasteiger partial charge is 0.497 e. The Balaban J connectivity index is 1.56. The summed E-state index contributed by atoms with van der Waals surface area (Å²) in [5.74, 6) is 1.31. The first kappa shape index (κ1) is 17.5. The Labute approximate surface area is 151 Å². The molecule has 1 aromatic carbocycles. The lowest BCUT2D eigenvalue weighted by Crippen LogP contribution is -2.26. The number of nitrogens with zero attached hydrogens (tertiary/aromatic N) is 5. The standard InChI is InChI=1S/C18H21N5O3/c1-21(11-14-10-19-22(2)12-14)18(24)17-8-9-23(20-17)13-26-16-6-4-15(25-3)5-7-16/h4-10,12H,11,13H2,1-3H3. The summed E-state index contributed by atoms with van der Waals surface area (Å²) in [6.45, 7) is 0.688. The smallest absolute Gasteiger partial charge is 0.274 e. The average molecular weight is 355 g/mol. The number of ether oxygens (including phenoxy) is 2. The lowest BCUT2D eigenvalue weighted by Gasteiger charge is -2.14. The van der Waals surface area contributed by atoms with E-state index in [9.17, 15) is 4.79 Å². The molecule has 1 amide bonds. The second-order valence-electron chi connectivity index (χ2n) is 5.87. The van der Waals surface area contributed by atoms with E-state index in [-0.39, 0.29) is 12.6 Å². The number of methoxy groups -OCH3 is 1. The molecule has 0 bridgehead atoms. The molecule has 0 radical (unpaired) electrons. The zero-order valence-corrected chi connectivity index (χ0v) is 15.0. The van der Waals surface area contributed by atoms with E-state index in [1.807, 2.05) is 37.5 Å². The minimum absolute atomic E-state index is 0.156. The van der Waals surface area contributed by atoms with Crippen molar-refractivity contribution in [2.24, 2.45) is 7.05 Å². The molecule has 0 fully saturated rings. The fraction of sp³-hybridized carbons (Fsp3) is 0.278. The average Bonchev–Trinajstić information content (AvgIpc) is 3.28. The van der Waals surface area contributed by atoms with E-state index >= 15 is 0 Å². The molecule has 2 heterocycles. The van der Waals surface area contributed by atoms with Gasteiger partial charge in [0, 0.05) is 38.6 Å². The highest BCUT2D eigenvalue weighted by Gasteiger charge is 2.15. The summed E-state index contributed by atoms with van der Waals surface area (Å²) in [5.41, 5.74) is 1.33. The number of aromatic nitrogens is 4. The molecule has 0 saturated heterocycles. The van der Waals surface area contributed by atoms with Crippen molar-refractivity contribution in [1.29, 1.82) is 0 Å². The molecule has 3 aromatic rings. The Morgan fingerprint density at radius 1 is 1.19 bits per heavy atom. The second-order valence-corrected chi connectivity index (χ2v) is 5.87. The van der Waals surface area contributed by atoms with E-state index in [0.29, 0.717) is 18.0 Å². The molecular formula is C18H21N5O3. The third kappa shape index (κ3) is 4.21. The third-order valence-corrected chi connectivity index (χ3v) is 3.81. The number of carbonyl (C=O) groups excluding carboxylic acids is 1. The van der Waals surface area contributed by atoms with Gasteiger partial charge >= 0.3 is 0 Å². The summed E-state index contributed by atoms with van der Waals surface area (Å²) in [7, 11) is 5.20. The van der Waals surface area contributed by atoms with Gasteiger partial charge in [-0.1, -0.05) is 0 Å². The van der Waals surface area contributed by atoms with Gasteiger partial charge in [-0.15, -0.1) is 0 Å². The van der Waals surface area contributed by atoms with Crippen LogP contribution in [0.2, 0.25) is 0 Å². The Kier molecular flexibility index (Phi) is 5.21. The van der Waals surface area contributed by atoms with Crippen LogP contribution >= 0.6 is 0 Å². The lowest BCUT2D eigenvalue weighted by atomic mass is 10.3. The van der Waals surface area contributed by atoms with Crippen LogP contribution in [0.15, 0.2) is 48.9 Å². The molecule has 8 nitrogen and oxygen atoms in total. The maximum atomic E-state index is 12.5. The van der Waals surface area contributed by atoms with Gasteiger partial charge in [-0.2, -0.15) is 10.2 Å². The van der Waals surface area contributed by atoms with E-state index in [1.165, 1.54) is 0 Å². The SMILES string of the molecule is COc1ccc(OCn2ccc(C(=O)N(C)Cc3cnn(C)c3)n2)cc1. The molecule has 0 N–H and O–H groups in total. The number of carbonyl (C=O) groups is 1. The zero-order chi connectivity index (χ0) is 18.5. The molecule has 8 heteroatoms. The van der Waals surface area contributed by atoms with E-state index in [1.54, 1.807) is 46.9 Å². The quantitative estimate of drug-likeness (QED) is 0.647. The monoisotopic (exact) mass is 355 g/mol. The van der Waals surface area contributed by atoms with Crippen LogP contribution in [0.4, 0.5) is 0 Å². The first-order valence-electron chi connectivity index (χ1n) is 8.08. The molecule has 0 saturated carbocycles. The molecule has 0 unspecified atom stereocenters. The minimum Gasteiger partial charge on any atom is -0.497 e. The van der Waals surface area contributed by atoms with Crippen LogP contribution in [0.5, 0.6) is 11.5 Å². The Morgan fingerprint density at radius 3 is 2.58 bits per heavy atom. The van der Waals surface area contributed by atoms with Crippen molar-refractivity contribution in [2.75, 3.05) is 14.2 Å². The molecule has 0 aliphatic carbocycles. The first-order valence-corrected chi connectivity index (χ1v) is 8.08. The zero-order valence-electron chi connectivity index (χ0n) is 15.0. The lowest BCUT2D eigenvalue weighted by molar-refractivity contribution is 0.0777. The van der Waals surface area contributed by atoms with Crippen LogP contribution in [0, 0.1) is 0 Å². The molecule has 0 aliphatic heterocycles. The van der Waals surface area contributed by atoms with E-state index in [4.69, 9.17) is 9.47 Å². The summed E-state index contributed by atoms with van der Waals surface area (Å²) < 4.78 is 14.0. The molecule has 3 rings (SSSR count). The molecule has 136 valence electrons. The van der Waals surface area contributed by atoms with E-state index in [2.05, 4.69) is 10.2 Å². The fourth-order valence-corrected chi connectivity index (χ4v) is 2.46. The molecule has 0 atom stereocenters. The normalized spacial score (nSPS) is 10.6. The fourth-order valence-electron chi connectivity index (χ4n) is 2.46. The third-order valence-electron chi connectivity index (χ3n) is 3.81. The molecule has 2 aromatic heterocycles. The molecule has 0 aliphatic rings. The summed E-state index contributed by atoms with van der Waals surface area (Å²) in [5, 5.41) is 8.39. The van der Waals surface area contributed by atoms with Gasteiger partial charge in [0.1, 0.15) is 11.5 Å². The maximum Gasteiger partial charge on any atom is 0.274 e. The predicted octanol–water partition coefficient (Wildman–Crippen LogP) is 1.93. The van der Waals surface area contributed by atoms with Gasteiger partial charge in [0.05, 0.1) is 13.3 Å². The van der Waals surface area contributed by atoms with E-state index in [0.717, 1.165) is 11.3 Å². The van der Waals surface area contributed by atoms with Gasteiger partial charge in [-0.3, -0.25) is 9.48 Å². The minimum atomic E-state index is -0.156. The van der Waals surface area contributed by atoms with Crippen LogP contribution in [0.25, 0.3) is 0 Å². The number of aryl methyl sites for hydroxylation is 1. The summed E-state index contributed by atoms with van der Waals surface area (Å²) >= 11 is 0. The van der Waals surface area contributed by atoms with Crippen LogP contribution in [-0.4, -0.2) is 44.5 Å². The van der Waals surface area contributed by atoms with Crippen molar-refractivity contribution in [3.63, 3.8) is 0 Å². The highest BCUT2D eigenvalue weighted by molar-refractivity contribution is 5.91. The van der Waals surface area contributed by atoms with Crippen molar-refractivity contribution in [2.45, 2.75) is 13.3 Å². The number of rotatable bonds is 7. The predicted molar refractivity (Wildman–Crippen MR) is 94.9 cm³/mol. The van der Waals surface area contributed by atoms with Crippen molar-refractivity contribution >= 4 is 5.91 Å². The number of hydrogen-bond acceptors (Lipinski definition) is 5. The summed E-state index contributed by atoms with van der Waals surface area (Å²) in [4.78, 5) is 14.1. The highest BCUT2D eigenvalue weighted by Crippen LogP contribution is 2.17. The topological polar surface area (TPSA) is 74.4 Å². The van der Waals surface area contributed by atoms with E-state index < -0.39 is 0 Å². The van der Waals surface area contributed by atoms with Crippen molar-refractivity contribution in [3.8, 4) is 11.5 Å². The van der Waals surface area contributed by atoms with Crippen LogP contribution in [-0.2, 0) is 20.3 Å². The van der Waals surface area contributed by atoms with Gasteiger partial charge in [-0.25, -0.2) is 4.68 Å². The number of hydrogen-bond donors (Lipinski definition) is 0. The summed E-state index contributed by atoms with van der Waals surface area (Å²) in [6.07, 6.45) is 5.34. The van der Waals surface area contributed by atoms with Gasteiger partial charge < -0.3 is 14.4 Å². The van der Waals surface area contributed by atoms with Crippen molar-refractivity contribution in [3.05, 3.63) is 60.2 Å². The van der Waals surface area contributed by atoms with Gasteiger partial charge in [0.15, 0.2) is 12.4 Å². The van der Waals surface area contributed by atoms with Gasteiger partial charge in [0.25, 0.3) is 5.91 Å². The summed E-state index contributed by atoms with van der Waals surface area (Å²) in [6, 6.07) is 8.95. The van der Waals surface area contributed by atoms with Crippen molar-refractivity contribution < 1.29 is 14.3 Å². The Bertz CT molecular complexity index is 869. The van der Waals surface area contributed by atoms with Gasteiger partial charge in [0.2, 0.25) is 0 Å². The first-order chi connectivity index (χ1) is 12.5. The molecule has 0 spiro atoms. The number of benzene rings is 1. The van der Waals surface area contributed by atoms with Crippen LogP contribution in [0.1, 0.15) is 16.1 Å². The molecular weight excluding hydrogens is 334 g/mol. The number of amides is 1.